The Balaban J connectivity index is 4.15. The van der Waals surface area contributed by atoms with Gasteiger partial charge in [0.1, 0.15) is 6.04 Å². The minimum atomic E-state index is -1.07. The molecule has 0 spiro atoms. The van der Waals surface area contributed by atoms with Crippen LogP contribution in [0.2, 0.25) is 0 Å². The van der Waals surface area contributed by atoms with E-state index in [9.17, 15) is 9.59 Å². The van der Waals surface area contributed by atoms with Crippen LogP contribution in [0.25, 0.3) is 0 Å². The van der Waals surface area contributed by atoms with Crippen LogP contribution in [0.4, 0.5) is 0 Å². The van der Waals surface area contributed by atoms with Crippen LogP contribution in [-0.4, -0.2) is 42.2 Å². The van der Waals surface area contributed by atoms with Gasteiger partial charge in [0.25, 0.3) is 0 Å². The molecule has 0 aromatic carbocycles. The molecule has 0 aromatic heterocycles. The van der Waals surface area contributed by atoms with Crippen molar-refractivity contribution < 1.29 is 14.7 Å². The van der Waals surface area contributed by atoms with Crippen LogP contribution >= 0.6 is 0 Å². The van der Waals surface area contributed by atoms with E-state index in [1.165, 1.54) is 0 Å². The Morgan fingerprint density at radius 3 is 2.12 bits per heavy atom. The third-order valence-electron chi connectivity index (χ3n) is 2.37. The van der Waals surface area contributed by atoms with Crippen molar-refractivity contribution in [1.82, 2.24) is 5.32 Å². The average Bonchev–Trinajstić information content (AvgIpc) is 2.30. The highest BCUT2D eigenvalue weighted by Crippen LogP contribution is 1.99. The number of carboxylic acid groups (broad SMARTS) is 1. The van der Waals surface area contributed by atoms with Gasteiger partial charge in [-0.25, -0.2) is 4.79 Å². The molecule has 0 saturated carbocycles. The molecule has 1 amide bonds. The van der Waals surface area contributed by atoms with Crippen molar-refractivity contribution in [3.8, 4) is 0 Å². The fourth-order valence-corrected chi connectivity index (χ4v) is 1.33. The number of hydrogen-bond donors (Lipinski definition) is 5. The smallest absolute Gasteiger partial charge is 0.326 e. The highest BCUT2D eigenvalue weighted by atomic mass is 16.4. The summed E-state index contributed by atoms with van der Waals surface area (Å²) in [4.78, 5) is 22.4. The predicted octanol–water partition coefficient (Wildman–Crippen LogP) is -1.64. The molecule has 0 aromatic rings. The molecule has 2 atom stereocenters. The molecule has 17 heavy (non-hydrogen) atoms. The molecule has 0 fully saturated rings. The fraction of sp³-hybridized carbons (Fsp3) is 0.800. The molecule has 7 heteroatoms. The van der Waals surface area contributed by atoms with Gasteiger partial charge in [-0.2, -0.15) is 0 Å². The minimum Gasteiger partial charge on any atom is -0.480 e. The first-order valence-electron chi connectivity index (χ1n) is 5.71. The van der Waals surface area contributed by atoms with Crippen molar-refractivity contribution in [2.75, 3.05) is 13.1 Å². The van der Waals surface area contributed by atoms with Crippen LogP contribution in [0.1, 0.15) is 25.7 Å². The Bertz CT molecular complexity index is 248. The summed E-state index contributed by atoms with van der Waals surface area (Å²) in [5.74, 6) is -1.53. The van der Waals surface area contributed by atoms with E-state index in [0.29, 0.717) is 38.8 Å². The Labute approximate surface area is 101 Å². The first-order valence-corrected chi connectivity index (χ1v) is 5.71. The van der Waals surface area contributed by atoms with E-state index >= 15 is 0 Å². The zero-order valence-corrected chi connectivity index (χ0v) is 9.89. The lowest BCUT2D eigenvalue weighted by molar-refractivity contribution is -0.142. The molecule has 8 N–H and O–H groups in total. The summed E-state index contributed by atoms with van der Waals surface area (Å²) in [5.41, 5.74) is 16.2. The highest BCUT2D eigenvalue weighted by molar-refractivity contribution is 5.86. The molecule has 0 radical (unpaired) electrons. The van der Waals surface area contributed by atoms with E-state index < -0.39 is 24.0 Å². The summed E-state index contributed by atoms with van der Waals surface area (Å²) in [7, 11) is 0. The van der Waals surface area contributed by atoms with E-state index in [0.717, 1.165) is 0 Å². The second-order valence-corrected chi connectivity index (χ2v) is 3.87. The number of carbonyl (C=O) groups excluding carboxylic acids is 1. The molecule has 0 heterocycles. The van der Waals surface area contributed by atoms with E-state index in [1.54, 1.807) is 0 Å². The van der Waals surface area contributed by atoms with Crippen LogP contribution in [0.15, 0.2) is 0 Å². The second-order valence-electron chi connectivity index (χ2n) is 3.87. The monoisotopic (exact) mass is 246 g/mol. The molecule has 0 saturated heterocycles. The summed E-state index contributed by atoms with van der Waals surface area (Å²) < 4.78 is 0. The molecular formula is C10H22N4O3. The van der Waals surface area contributed by atoms with Gasteiger partial charge in [-0.15, -0.1) is 0 Å². The van der Waals surface area contributed by atoms with Gasteiger partial charge in [-0.1, -0.05) is 0 Å². The quantitative estimate of drug-likeness (QED) is 0.330. The topological polar surface area (TPSA) is 144 Å². The summed E-state index contributed by atoms with van der Waals surface area (Å²) >= 11 is 0. The highest BCUT2D eigenvalue weighted by Gasteiger charge is 2.22. The number of rotatable bonds is 9. The first-order chi connectivity index (χ1) is 8.02. The second kappa shape index (κ2) is 8.91. The van der Waals surface area contributed by atoms with Crippen molar-refractivity contribution in [1.29, 1.82) is 0 Å². The first kappa shape index (κ1) is 15.8. The Hall–Kier alpha value is -1.18. The maximum atomic E-state index is 11.6. The van der Waals surface area contributed by atoms with Gasteiger partial charge in [-0.3, -0.25) is 4.79 Å². The van der Waals surface area contributed by atoms with Crippen molar-refractivity contribution in [3.63, 3.8) is 0 Å². The number of aliphatic carboxylic acids is 1. The molecular weight excluding hydrogens is 224 g/mol. The molecule has 7 nitrogen and oxygen atoms in total. The predicted molar refractivity (Wildman–Crippen MR) is 64.1 cm³/mol. The minimum absolute atomic E-state index is 0.307. The standard InChI is InChI=1S/C10H22N4O3/c11-5-1-3-7(13)9(15)14-8(10(16)17)4-2-6-12/h7-8H,1-6,11-13H2,(H,14,15)(H,16,17)/t7-,8-/m0/s1. The van der Waals surface area contributed by atoms with Gasteiger partial charge in [0.15, 0.2) is 0 Å². The third kappa shape index (κ3) is 6.88. The van der Waals surface area contributed by atoms with Gasteiger partial charge in [-0.05, 0) is 38.8 Å². The van der Waals surface area contributed by atoms with Gasteiger partial charge in [0, 0.05) is 0 Å². The van der Waals surface area contributed by atoms with E-state index in [1.807, 2.05) is 0 Å². The van der Waals surface area contributed by atoms with Crippen LogP contribution in [0.3, 0.4) is 0 Å². The number of nitrogens with two attached hydrogens (primary N) is 3. The lowest BCUT2D eigenvalue weighted by Crippen LogP contribution is -2.48. The third-order valence-corrected chi connectivity index (χ3v) is 2.37. The molecule has 0 unspecified atom stereocenters. The summed E-state index contributed by atoms with van der Waals surface area (Å²) in [5, 5.41) is 11.3. The number of nitrogens with one attached hydrogen (secondary N) is 1. The number of carboxylic acids is 1. The van der Waals surface area contributed by atoms with E-state index in [4.69, 9.17) is 22.3 Å². The Morgan fingerprint density at radius 2 is 1.65 bits per heavy atom. The van der Waals surface area contributed by atoms with Crippen molar-refractivity contribution in [2.45, 2.75) is 37.8 Å². The summed E-state index contributed by atoms with van der Waals surface area (Å²) in [6.45, 7) is 0.843. The van der Waals surface area contributed by atoms with Gasteiger partial charge < -0.3 is 27.6 Å². The maximum absolute atomic E-state index is 11.6. The fourth-order valence-electron chi connectivity index (χ4n) is 1.33. The largest absolute Gasteiger partial charge is 0.480 e. The lowest BCUT2D eigenvalue weighted by Gasteiger charge is -2.17. The van der Waals surface area contributed by atoms with Crippen molar-refractivity contribution >= 4 is 11.9 Å². The van der Waals surface area contributed by atoms with Crippen LogP contribution < -0.4 is 22.5 Å². The van der Waals surface area contributed by atoms with Crippen molar-refractivity contribution in [2.24, 2.45) is 17.2 Å². The molecule has 100 valence electrons. The zero-order chi connectivity index (χ0) is 13.3. The molecule has 0 aliphatic heterocycles. The zero-order valence-electron chi connectivity index (χ0n) is 9.89. The summed E-state index contributed by atoms with van der Waals surface area (Å²) in [6.07, 6.45) is 1.93. The SMILES string of the molecule is NCCC[C@H](NC(=O)[C@@H](N)CCCN)C(=O)O. The van der Waals surface area contributed by atoms with Gasteiger partial charge >= 0.3 is 5.97 Å². The number of carbonyl (C=O) groups is 2. The maximum Gasteiger partial charge on any atom is 0.326 e. The number of amides is 1. The van der Waals surface area contributed by atoms with E-state index in [-0.39, 0.29) is 0 Å². The normalized spacial score (nSPS) is 14.1. The lowest BCUT2D eigenvalue weighted by atomic mass is 10.1. The van der Waals surface area contributed by atoms with Gasteiger partial charge in [0.05, 0.1) is 6.04 Å². The Kier molecular flexibility index (Phi) is 8.29. The summed E-state index contributed by atoms with van der Waals surface area (Å²) in [6, 6.07) is -1.63. The van der Waals surface area contributed by atoms with Crippen molar-refractivity contribution in [3.05, 3.63) is 0 Å². The van der Waals surface area contributed by atoms with Crippen LogP contribution in [0.5, 0.6) is 0 Å². The van der Waals surface area contributed by atoms with Crippen LogP contribution in [0, 0.1) is 0 Å². The van der Waals surface area contributed by atoms with E-state index in [2.05, 4.69) is 5.32 Å². The Morgan fingerprint density at radius 1 is 1.12 bits per heavy atom. The molecule has 0 aliphatic carbocycles. The molecule has 0 rings (SSSR count). The van der Waals surface area contributed by atoms with Crippen LogP contribution in [-0.2, 0) is 9.59 Å². The average molecular weight is 246 g/mol. The van der Waals surface area contributed by atoms with Gasteiger partial charge in [0.2, 0.25) is 5.91 Å². The number of hydrogen-bond acceptors (Lipinski definition) is 5. The molecule has 0 bridgehead atoms. The molecule has 0 aliphatic rings.